The lowest BCUT2D eigenvalue weighted by molar-refractivity contribution is 0.0931. The number of nitrogens with zero attached hydrogens (tertiary/aromatic N) is 2. The van der Waals surface area contributed by atoms with Gasteiger partial charge in [0.1, 0.15) is 5.69 Å². The van der Waals surface area contributed by atoms with E-state index in [1.54, 1.807) is 7.11 Å². The van der Waals surface area contributed by atoms with Crippen molar-refractivity contribution in [3.8, 4) is 0 Å². The maximum absolute atomic E-state index is 12.3. The van der Waals surface area contributed by atoms with E-state index in [1.807, 2.05) is 31.2 Å². The van der Waals surface area contributed by atoms with Crippen LogP contribution in [0.3, 0.4) is 0 Å². The molecule has 0 saturated carbocycles. The van der Waals surface area contributed by atoms with Crippen LogP contribution in [0.4, 0.5) is 0 Å². The van der Waals surface area contributed by atoms with Crippen molar-refractivity contribution >= 4 is 17.5 Å². The van der Waals surface area contributed by atoms with Crippen LogP contribution in [0.2, 0.25) is 5.02 Å². The monoisotopic (exact) mass is 349 g/mol. The van der Waals surface area contributed by atoms with Crippen molar-refractivity contribution in [1.29, 1.82) is 0 Å². The molecule has 0 bridgehead atoms. The first-order valence-electron chi connectivity index (χ1n) is 7.62. The van der Waals surface area contributed by atoms with Crippen molar-refractivity contribution in [2.75, 3.05) is 13.7 Å². The first kappa shape index (κ1) is 18.2. The predicted octanol–water partition coefficient (Wildman–Crippen LogP) is 1.90. The smallest absolute Gasteiger partial charge is 0.271 e. The number of hydrogen-bond acceptors (Lipinski definition) is 4. The van der Waals surface area contributed by atoms with Crippen molar-refractivity contribution < 1.29 is 9.53 Å². The predicted molar refractivity (Wildman–Crippen MR) is 92.5 cm³/mol. The Hall–Kier alpha value is -2.18. The number of hydrogen-bond donors (Lipinski definition) is 1. The lowest BCUT2D eigenvalue weighted by atomic mass is 10.1. The minimum atomic E-state index is -0.323. The number of carbonyl (C=O) groups excluding carboxylic acids is 1. The second kappa shape index (κ2) is 8.61. The number of amides is 1. The Morgan fingerprint density at radius 2 is 2.17 bits per heavy atom. The third kappa shape index (κ3) is 5.18. The van der Waals surface area contributed by atoms with Crippen LogP contribution in [0, 0.1) is 0 Å². The third-order valence-corrected chi connectivity index (χ3v) is 3.65. The van der Waals surface area contributed by atoms with Crippen LogP contribution in [0.5, 0.6) is 0 Å². The van der Waals surface area contributed by atoms with Crippen molar-refractivity contribution in [1.82, 2.24) is 15.1 Å². The SMILES string of the molecule is COCCn1nc(C(=O)N[C@@H](C)Cc2cccc(Cl)c2)ccc1=O. The van der Waals surface area contributed by atoms with Crippen LogP contribution < -0.4 is 10.9 Å². The molecule has 0 radical (unpaired) electrons. The van der Waals surface area contributed by atoms with E-state index >= 15 is 0 Å². The maximum atomic E-state index is 12.3. The number of nitrogens with one attached hydrogen (secondary N) is 1. The number of benzene rings is 1. The van der Waals surface area contributed by atoms with Crippen LogP contribution >= 0.6 is 11.6 Å². The van der Waals surface area contributed by atoms with E-state index in [4.69, 9.17) is 16.3 Å². The molecule has 0 unspecified atom stereocenters. The third-order valence-electron chi connectivity index (χ3n) is 3.41. The van der Waals surface area contributed by atoms with E-state index in [0.717, 1.165) is 5.56 Å². The highest BCUT2D eigenvalue weighted by atomic mass is 35.5. The van der Waals surface area contributed by atoms with E-state index in [1.165, 1.54) is 16.8 Å². The Morgan fingerprint density at radius 3 is 2.88 bits per heavy atom. The summed E-state index contributed by atoms with van der Waals surface area (Å²) in [6.45, 7) is 2.55. The number of aromatic nitrogens is 2. The molecule has 24 heavy (non-hydrogen) atoms. The summed E-state index contributed by atoms with van der Waals surface area (Å²) in [6.07, 6.45) is 0.648. The van der Waals surface area contributed by atoms with E-state index in [-0.39, 0.29) is 23.2 Å². The number of methoxy groups -OCH3 is 1. The fraction of sp³-hybridized carbons (Fsp3) is 0.353. The standard InChI is InChI=1S/C17H20ClN3O3/c1-12(10-13-4-3-5-14(18)11-13)19-17(23)15-6-7-16(22)21(20-15)8-9-24-2/h3-7,11-12H,8-10H2,1-2H3,(H,19,23)/t12-/m0/s1. The van der Waals surface area contributed by atoms with E-state index in [2.05, 4.69) is 10.4 Å². The Balaban J connectivity index is 2.02. The minimum absolute atomic E-state index is 0.0999. The molecule has 0 aliphatic rings. The van der Waals surface area contributed by atoms with Crippen molar-refractivity contribution in [2.45, 2.75) is 25.9 Å². The summed E-state index contributed by atoms with van der Waals surface area (Å²) in [6, 6.07) is 10.2. The molecule has 1 aromatic carbocycles. The molecule has 0 spiro atoms. The van der Waals surface area contributed by atoms with Crippen LogP contribution in [-0.4, -0.2) is 35.4 Å². The second-order valence-electron chi connectivity index (χ2n) is 5.48. The molecule has 0 aliphatic heterocycles. The van der Waals surface area contributed by atoms with Crippen LogP contribution in [0.1, 0.15) is 23.0 Å². The molecule has 0 aliphatic carbocycles. The Morgan fingerprint density at radius 1 is 1.38 bits per heavy atom. The van der Waals surface area contributed by atoms with Crippen molar-refractivity contribution in [3.05, 3.63) is 63.0 Å². The lowest BCUT2D eigenvalue weighted by Crippen LogP contribution is -2.36. The Labute approximate surface area is 145 Å². The summed E-state index contributed by atoms with van der Waals surface area (Å²) in [7, 11) is 1.54. The van der Waals surface area contributed by atoms with Crippen molar-refractivity contribution in [3.63, 3.8) is 0 Å². The average molecular weight is 350 g/mol. The van der Waals surface area contributed by atoms with E-state index < -0.39 is 0 Å². The van der Waals surface area contributed by atoms with Gasteiger partial charge in [-0.2, -0.15) is 5.10 Å². The molecular formula is C17H20ClN3O3. The number of ether oxygens (including phenoxy) is 1. The first-order valence-corrected chi connectivity index (χ1v) is 8.00. The van der Waals surface area contributed by atoms with Gasteiger partial charge < -0.3 is 10.1 Å². The molecule has 6 nitrogen and oxygen atoms in total. The molecule has 0 saturated heterocycles. The van der Waals surface area contributed by atoms with Gasteiger partial charge in [0.05, 0.1) is 13.2 Å². The normalized spacial score (nSPS) is 12.0. The number of halogens is 1. The van der Waals surface area contributed by atoms with E-state index in [9.17, 15) is 9.59 Å². The Kier molecular flexibility index (Phi) is 6.52. The fourth-order valence-electron chi connectivity index (χ4n) is 2.27. The minimum Gasteiger partial charge on any atom is -0.383 e. The van der Waals surface area contributed by atoms with Gasteiger partial charge in [-0.3, -0.25) is 9.59 Å². The first-order chi connectivity index (χ1) is 11.5. The second-order valence-corrected chi connectivity index (χ2v) is 5.92. The summed E-state index contributed by atoms with van der Waals surface area (Å²) < 4.78 is 6.15. The van der Waals surface area contributed by atoms with Gasteiger partial charge in [-0.15, -0.1) is 0 Å². The van der Waals surface area contributed by atoms with Gasteiger partial charge in [0.25, 0.3) is 11.5 Å². The lowest BCUT2D eigenvalue weighted by Gasteiger charge is -2.14. The highest BCUT2D eigenvalue weighted by Crippen LogP contribution is 2.12. The van der Waals surface area contributed by atoms with Gasteiger partial charge in [0.15, 0.2) is 0 Å². The average Bonchev–Trinajstić information content (AvgIpc) is 2.53. The summed E-state index contributed by atoms with van der Waals surface area (Å²) >= 11 is 5.96. The molecule has 7 heteroatoms. The molecular weight excluding hydrogens is 330 g/mol. The molecule has 1 aromatic heterocycles. The molecule has 1 N–H and O–H groups in total. The zero-order valence-electron chi connectivity index (χ0n) is 13.7. The largest absolute Gasteiger partial charge is 0.383 e. The van der Waals surface area contributed by atoms with Gasteiger partial charge in [-0.25, -0.2) is 4.68 Å². The van der Waals surface area contributed by atoms with Gasteiger partial charge in [0, 0.05) is 24.2 Å². The zero-order chi connectivity index (χ0) is 17.5. The molecule has 1 atom stereocenters. The molecule has 1 heterocycles. The fourth-order valence-corrected chi connectivity index (χ4v) is 2.49. The molecule has 2 rings (SSSR count). The van der Waals surface area contributed by atoms with Crippen LogP contribution in [0.15, 0.2) is 41.2 Å². The summed E-state index contributed by atoms with van der Waals surface area (Å²) in [5, 5.41) is 7.62. The summed E-state index contributed by atoms with van der Waals surface area (Å²) in [4.78, 5) is 24.0. The van der Waals surface area contributed by atoms with Crippen molar-refractivity contribution in [2.24, 2.45) is 0 Å². The molecule has 128 valence electrons. The summed E-state index contributed by atoms with van der Waals surface area (Å²) in [5.74, 6) is -0.323. The van der Waals surface area contributed by atoms with Gasteiger partial charge >= 0.3 is 0 Å². The topological polar surface area (TPSA) is 73.2 Å². The quantitative estimate of drug-likeness (QED) is 0.828. The zero-order valence-corrected chi connectivity index (χ0v) is 14.4. The highest BCUT2D eigenvalue weighted by Gasteiger charge is 2.13. The molecule has 1 amide bonds. The summed E-state index contributed by atoms with van der Waals surface area (Å²) in [5.41, 5.74) is 0.965. The molecule has 0 fully saturated rings. The van der Waals surface area contributed by atoms with Crippen LogP contribution in [0.25, 0.3) is 0 Å². The van der Waals surface area contributed by atoms with Crippen LogP contribution in [-0.2, 0) is 17.7 Å². The van der Waals surface area contributed by atoms with E-state index in [0.29, 0.717) is 24.6 Å². The van der Waals surface area contributed by atoms with Gasteiger partial charge in [-0.05, 0) is 37.1 Å². The number of carbonyl (C=O) groups is 1. The maximum Gasteiger partial charge on any atom is 0.271 e. The van der Waals surface area contributed by atoms with Gasteiger partial charge in [0.2, 0.25) is 0 Å². The Bertz CT molecular complexity index is 761. The molecule has 2 aromatic rings. The van der Waals surface area contributed by atoms with Gasteiger partial charge in [-0.1, -0.05) is 23.7 Å². The highest BCUT2D eigenvalue weighted by molar-refractivity contribution is 6.30. The number of rotatable bonds is 7.